The summed E-state index contributed by atoms with van der Waals surface area (Å²) < 4.78 is 0.994. The lowest BCUT2D eigenvalue weighted by molar-refractivity contribution is 0.0729. The van der Waals surface area contributed by atoms with Gasteiger partial charge in [-0.3, -0.25) is 4.79 Å². The van der Waals surface area contributed by atoms with Crippen molar-refractivity contribution in [1.29, 1.82) is 0 Å². The van der Waals surface area contributed by atoms with E-state index in [-0.39, 0.29) is 5.91 Å². The third-order valence-corrected chi connectivity index (χ3v) is 4.97. The summed E-state index contributed by atoms with van der Waals surface area (Å²) >= 11 is 2.25. The van der Waals surface area contributed by atoms with Crippen molar-refractivity contribution in [3.63, 3.8) is 0 Å². The van der Waals surface area contributed by atoms with E-state index in [0.29, 0.717) is 13.1 Å². The van der Waals surface area contributed by atoms with Gasteiger partial charge in [0.2, 0.25) is 0 Å². The highest BCUT2D eigenvalue weighted by molar-refractivity contribution is 14.1. The van der Waals surface area contributed by atoms with E-state index in [2.05, 4.69) is 52.9 Å². The highest BCUT2D eigenvalue weighted by atomic mass is 127. The van der Waals surface area contributed by atoms with Crippen LogP contribution in [0.3, 0.4) is 0 Å². The van der Waals surface area contributed by atoms with E-state index in [9.17, 15) is 4.79 Å². The molecule has 1 amide bonds. The van der Waals surface area contributed by atoms with Crippen LogP contribution in [-0.2, 0) is 13.1 Å². The van der Waals surface area contributed by atoms with E-state index < -0.39 is 0 Å². The van der Waals surface area contributed by atoms with Crippen LogP contribution in [0.25, 0.3) is 0 Å². The molecule has 0 unspecified atom stereocenters. The first-order valence-electron chi connectivity index (χ1n) is 8.27. The Morgan fingerprint density at radius 3 is 1.84 bits per heavy atom. The molecule has 3 heteroatoms. The van der Waals surface area contributed by atoms with E-state index >= 15 is 0 Å². The van der Waals surface area contributed by atoms with Crippen molar-refractivity contribution in [1.82, 2.24) is 4.90 Å². The normalized spacial score (nSPS) is 10.5. The van der Waals surface area contributed by atoms with Gasteiger partial charge in [0.25, 0.3) is 5.91 Å². The highest BCUT2D eigenvalue weighted by Crippen LogP contribution is 2.19. The Morgan fingerprint density at radius 1 is 0.840 bits per heavy atom. The molecule has 25 heavy (non-hydrogen) atoms. The molecule has 0 saturated carbocycles. The van der Waals surface area contributed by atoms with Gasteiger partial charge in [-0.1, -0.05) is 72.3 Å². The molecule has 0 N–H and O–H groups in total. The second kappa shape index (κ2) is 8.30. The fourth-order valence-corrected chi connectivity index (χ4v) is 3.67. The molecular formula is C22H20INO. The van der Waals surface area contributed by atoms with Gasteiger partial charge in [-0.2, -0.15) is 0 Å². The quantitative estimate of drug-likeness (QED) is 0.483. The molecule has 0 radical (unpaired) electrons. The van der Waals surface area contributed by atoms with E-state index in [0.717, 1.165) is 20.3 Å². The summed E-state index contributed by atoms with van der Waals surface area (Å²) in [6.07, 6.45) is 0. The van der Waals surface area contributed by atoms with Crippen LogP contribution in [0.15, 0.2) is 78.9 Å². The monoisotopic (exact) mass is 441 g/mol. The zero-order chi connectivity index (χ0) is 17.6. The summed E-state index contributed by atoms with van der Waals surface area (Å²) in [6.45, 7) is 3.24. The average Bonchev–Trinajstić information content (AvgIpc) is 2.62. The van der Waals surface area contributed by atoms with Crippen LogP contribution in [0.1, 0.15) is 27.0 Å². The lowest BCUT2D eigenvalue weighted by Crippen LogP contribution is -2.30. The number of aryl methyl sites for hydroxylation is 1. The molecule has 0 heterocycles. The summed E-state index contributed by atoms with van der Waals surface area (Å²) in [4.78, 5) is 15.1. The number of carbonyl (C=O) groups excluding carboxylic acids is 1. The Kier molecular flexibility index (Phi) is 5.87. The number of benzene rings is 3. The van der Waals surface area contributed by atoms with Gasteiger partial charge < -0.3 is 4.90 Å². The summed E-state index contributed by atoms with van der Waals surface area (Å²) in [5, 5.41) is 0. The maximum atomic E-state index is 13.2. The lowest BCUT2D eigenvalue weighted by Gasteiger charge is -2.24. The smallest absolute Gasteiger partial charge is 0.255 e. The zero-order valence-electron chi connectivity index (χ0n) is 14.2. The predicted octanol–water partition coefficient (Wildman–Crippen LogP) is 5.44. The number of hydrogen-bond donors (Lipinski definition) is 0. The first kappa shape index (κ1) is 17.7. The number of halogens is 1. The predicted molar refractivity (Wildman–Crippen MR) is 110 cm³/mol. The van der Waals surface area contributed by atoms with Gasteiger partial charge in [-0.25, -0.2) is 0 Å². The molecule has 3 aromatic carbocycles. The minimum atomic E-state index is 0.0668. The minimum Gasteiger partial charge on any atom is -0.330 e. The Bertz CT molecular complexity index is 805. The highest BCUT2D eigenvalue weighted by Gasteiger charge is 2.19. The van der Waals surface area contributed by atoms with Crippen molar-refractivity contribution in [3.8, 4) is 0 Å². The van der Waals surface area contributed by atoms with E-state index in [1.165, 1.54) is 5.56 Å². The molecule has 0 aliphatic heterocycles. The van der Waals surface area contributed by atoms with Crippen molar-refractivity contribution >= 4 is 28.5 Å². The van der Waals surface area contributed by atoms with Crippen molar-refractivity contribution in [2.75, 3.05) is 0 Å². The summed E-state index contributed by atoms with van der Waals surface area (Å²) in [5.74, 6) is 0.0668. The number of hydrogen-bond acceptors (Lipinski definition) is 1. The van der Waals surface area contributed by atoms with Crippen molar-refractivity contribution < 1.29 is 4.79 Å². The molecule has 0 aliphatic rings. The van der Waals surface area contributed by atoms with Gasteiger partial charge in [-0.05, 0) is 52.8 Å². The molecule has 0 fully saturated rings. The van der Waals surface area contributed by atoms with Crippen LogP contribution < -0.4 is 0 Å². The first-order valence-corrected chi connectivity index (χ1v) is 9.34. The molecule has 0 aromatic heterocycles. The number of nitrogens with zero attached hydrogens (tertiary/aromatic N) is 1. The van der Waals surface area contributed by atoms with Crippen LogP contribution >= 0.6 is 22.6 Å². The van der Waals surface area contributed by atoms with E-state index in [1.807, 2.05) is 60.4 Å². The third kappa shape index (κ3) is 4.69. The molecule has 0 spiro atoms. The summed E-state index contributed by atoms with van der Waals surface area (Å²) in [5.41, 5.74) is 4.19. The Morgan fingerprint density at radius 2 is 1.36 bits per heavy atom. The van der Waals surface area contributed by atoms with Crippen LogP contribution in [0.2, 0.25) is 0 Å². The lowest BCUT2D eigenvalue weighted by atomic mass is 10.1. The molecule has 126 valence electrons. The molecule has 0 atom stereocenters. The molecular weight excluding hydrogens is 421 g/mol. The van der Waals surface area contributed by atoms with Crippen LogP contribution in [-0.4, -0.2) is 10.8 Å². The van der Waals surface area contributed by atoms with Gasteiger partial charge >= 0.3 is 0 Å². The standard InChI is InChI=1S/C22H20INO/c1-17-12-13-20(21(23)14-17)22(25)24(15-18-8-4-2-5-9-18)16-19-10-6-3-7-11-19/h2-14H,15-16H2,1H3. The molecule has 2 nitrogen and oxygen atoms in total. The Hall–Kier alpha value is -2.14. The average molecular weight is 441 g/mol. The molecule has 0 aliphatic carbocycles. The number of carbonyl (C=O) groups is 1. The maximum Gasteiger partial charge on any atom is 0.255 e. The van der Waals surface area contributed by atoms with Gasteiger partial charge in [0.15, 0.2) is 0 Å². The van der Waals surface area contributed by atoms with Crippen molar-refractivity contribution in [3.05, 3.63) is 105 Å². The second-order valence-electron chi connectivity index (χ2n) is 6.12. The van der Waals surface area contributed by atoms with Crippen LogP contribution in [0.4, 0.5) is 0 Å². The number of rotatable bonds is 5. The fourth-order valence-electron chi connectivity index (χ4n) is 2.77. The van der Waals surface area contributed by atoms with Crippen LogP contribution in [0.5, 0.6) is 0 Å². The van der Waals surface area contributed by atoms with E-state index in [1.54, 1.807) is 0 Å². The Balaban J connectivity index is 1.90. The van der Waals surface area contributed by atoms with Gasteiger partial charge in [0.05, 0.1) is 5.56 Å². The van der Waals surface area contributed by atoms with Gasteiger partial charge in [0, 0.05) is 16.7 Å². The zero-order valence-corrected chi connectivity index (χ0v) is 16.3. The van der Waals surface area contributed by atoms with Crippen molar-refractivity contribution in [2.24, 2.45) is 0 Å². The first-order chi connectivity index (χ1) is 12.1. The SMILES string of the molecule is Cc1ccc(C(=O)N(Cc2ccccc2)Cc2ccccc2)c(I)c1. The van der Waals surface area contributed by atoms with Gasteiger partial charge in [0.1, 0.15) is 0 Å². The van der Waals surface area contributed by atoms with Gasteiger partial charge in [-0.15, -0.1) is 0 Å². The minimum absolute atomic E-state index is 0.0668. The molecule has 0 bridgehead atoms. The number of amides is 1. The fraction of sp³-hybridized carbons (Fsp3) is 0.136. The third-order valence-electron chi connectivity index (χ3n) is 4.07. The van der Waals surface area contributed by atoms with Crippen molar-refractivity contribution in [2.45, 2.75) is 20.0 Å². The Labute approximate surface area is 162 Å². The topological polar surface area (TPSA) is 20.3 Å². The second-order valence-corrected chi connectivity index (χ2v) is 7.28. The molecule has 0 saturated heterocycles. The van der Waals surface area contributed by atoms with Crippen LogP contribution in [0, 0.1) is 10.5 Å². The van der Waals surface area contributed by atoms with E-state index in [4.69, 9.17) is 0 Å². The molecule has 3 aromatic rings. The summed E-state index contributed by atoms with van der Waals surface area (Å²) in [7, 11) is 0. The molecule has 3 rings (SSSR count). The largest absolute Gasteiger partial charge is 0.330 e. The maximum absolute atomic E-state index is 13.2. The summed E-state index contributed by atoms with van der Waals surface area (Å²) in [6, 6.07) is 26.3.